The number of thiazole rings is 1. The molecule has 0 unspecified atom stereocenters. The monoisotopic (exact) mass is 262 g/mol. The van der Waals surface area contributed by atoms with Crippen molar-refractivity contribution >= 4 is 11.3 Å². The largest absolute Gasteiger partial charge is 0.383 e. The van der Waals surface area contributed by atoms with Crippen molar-refractivity contribution in [1.82, 2.24) is 10.3 Å². The Kier molecular flexibility index (Phi) is 4.87. The van der Waals surface area contributed by atoms with Crippen LogP contribution in [0.4, 0.5) is 0 Å². The number of nitrogens with one attached hydrogen (secondary N) is 1. The van der Waals surface area contributed by atoms with Crippen molar-refractivity contribution in [3.8, 4) is 10.6 Å². The van der Waals surface area contributed by atoms with Crippen molar-refractivity contribution in [2.75, 3.05) is 20.3 Å². The van der Waals surface area contributed by atoms with Crippen molar-refractivity contribution < 1.29 is 4.74 Å². The second kappa shape index (κ2) is 6.64. The van der Waals surface area contributed by atoms with Gasteiger partial charge in [0.25, 0.3) is 0 Å². The van der Waals surface area contributed by atoms with Gasteiger partial charge in [-0.25, -0.2) is 4.98 Å². The molecule has 1 aromatic carbocycles. The summed E-state index contributed by atoms with van der Waals surface area (Å²) in [4.78, 5) is 5.73. The maximum atomic E-state index is 4.99. The molecule has 3 nitrogen and oxygen atoms in total. The van der Waals surface area contributed by atoms with Crippen LogP contribution in [0.25, 0.3) is 10.6 Å². The summed E-state index contributed by atoms with van der Waals surface area (Å²) in [6.07, 6.45) is 1.95. The van der Waals surface area contributed by atoms with Crippen molar-refractivity contribution in [2.45, 2.75) is 13.5 Å². The molecule has 0 aliphatic carbocycles. The predicted octanol–water partition coefficient (Wildman–Crippen LogP) is 2.85. The average Bonchev–Trinajstić information content (AvgIpc) is 2.83. The van der Waals surface area contributed by atoms with E-state index in [0.717, 1.165) is 24.7 Å². The van der Waals surface area contributed by atoms with E-state index >= 15 is 0 Å². The summed E-state index contributed by atoms with van der Waals surface area (Å²) >= 11 is 1.74. The molecule has 18 heavy (non-hydrogen) atoms. The minimum absolute atomic E-state index is 0.740. The summed E-state index contributed by atoms with van der Waals surface area (Å²) in [6, 6.07) is 8.45. The maximum Gasteiger partial charge on any atom is 0.123 e. The van der Waals surface area contributed by atoms with Crippen LogP contribution in [-0.4, -0.2) is 25.2 Å². The Balaban J connectivity index is 1.97. The Hall–Kier alpha value is -1.23. The van der Waals surface area contributed by atoms with Crippen LogP contribution < -0.4 is 5.32 Å². The number of rotatable bonds is 6. The minimum Gasteiger partial charge on any atom is -0.383 e. The molecule has 0 atom stereocenters. The van der Waals surface area contributed by atoms with Gasteiger partial charge >= 0.3 is 0 Å². The molecule has 0 bridgehead atoms. The van der Waals surface area contributed by atoms with Crippen LogP contribution in [0.5, 0.6) is 0 Å². The lowest BCUT2D eigenvalue weighted by atomic mass is 10.1. The quantitative estimate of drug-likeness (QED) is 0.813. The second-order valence-corrected chi connectivity index (χ2v) is 5.29. The van der Waals surface area contributed by atoms with Gasteiger partial charge in [-0.1, -0.05) is 23.8 Å². The SMILES string of the molecule is COCCNCc1cnc(-c2cccc(C)c2)s1. The Morgan fingerprint density at radius 2 is 2.28 bits per heavy atom. The Labute approximate surface area is 112 Å². The summed E-state index contributed by atoms with van der Waals surface area (Å²) in [6.45, 7) is 4.56. The normalized spacial score (nSPS) is 10.8. The van der Waals surface area contributed by atoms with E-state index in [2.05, 4.69) is 41.5 Å². The lowest BCUT2D eigenvalue weighted by Gasteiger charge is -2.00. The first-order valence-electron chi connectivity index (χ1n) is 6.01. The van der Waals surface area contributed by atoms with Crippen LogP contribution in [0.1, 0.15) is 10.4 Å². The molecule has 0 saturated carbocycles. The maximum absolute atomic E-state index is 4.99. The third-order valence-electron chi connectivity index (χ3n) is 2.60. The van der Waals surface area contributed by atoms with Crippen molar-refractivity contribution in [1.29, 1.82) is 0 Å². The highest BCUT2D eigenvalue weighted by Crippen LogP contribution is 2.25. The van der Waals surface area contributed by atoms with Gasteiger partial charge in [-0.3, -0.25) is 0 Å². The highest BCUT2D eigenvalue weighted by atomic mass is 32.1. The third kappa shape index (κ3) is 3.63. The van der Waals surface area contributed by atoms with Gasteiger partial charge in [-0.05, 0) is 13.0 Å². The molecule has 0 saturated heterocycles. The van der Waals surface area contributed by atoms with E-state index in [1.54, 1.807) is 18.4 Å². The third-order valence-corrected chi connectivity index (χ3v) is 3.65. The molecule has 0 aliphatic rings. The minimum atomic E-state index is 0.740. The van der Waals surface area contributed by atoms with Crippen molar-refractivity contribution in [3.05, 3.63) is 40.9 Å². The van der Waals surface area contributed by atoms with E-state index in [4.69, 9.17) is 4.74 Å². The fraction of sp³-hybridized carbons (Fsp3) is 0.357. The molecule has 2 aromatic rings. The summed E-state index contributed by atoms with van der Waals surface area (Å²) in [7, 11) is 1.71. The molecule has 2 rings (SSSR count). The number of ether oxygens (including phenoxy) is 1. The number of nitrogens with zero attached hydrogens (tertiary/aromatic N) is 1. The summed E-state index contributed by atoms with van der Waals surface area (Å²) < 4.78 is 4.99. The molecular weight excluding hydrogens is 244 g/mol. The standard InChI is InChI=1S/C14H18N2OS/c1-11-4-3-5-12(8-11)14-16-10-13(18-14)9-15-6-7-17-2/h3-5,8,10,15H,6-7,9H2,1-2H3. The Bertz CT molecular complexity index is 496. The first-order chi connectivity index (χ1) is 8.79. The lowest BCUT2D eigenvalue weighted by molar-refractivity contribution is 0.199. The van der Waals surface area contributed by atoms with Gasteiger partial charge in [0.2, 0.25) is 0 Å². The van der Waals surface area contributed by atoms with Crippen LogP contribution in [0.3, 0.4) is 0 Å². The fourth-order valence-corrected chi connectivity index (χ4v) is 2.56. The number of aromatic nitrogens is 1. The number of benzene rings is 1. The molecule has 0 amide bonds. The zero-order valence-corrected chi connectivity index (χ0v) is 11.6. The highest BCUT2D eigenvalue weighted by molar-refractivity contribution is 7.15. The number of methoxy groups -OCH3 is 1. The van der Waals surface area contributed by atoms with Crippen LogP contribution in [-0.2, 0) is 11.3 Å². The van der Waals surface area contributed by atoms with Gasteiger partial charge in [0, 0.05) is 36.8 Å². The van der Waals surface area contributed by atoms with E-state index in [1.165, 1.54) is 16.0 Å². The fourth-order valence-electron chi connectivity index (χ4n) is 1.69. The predicted molar refractivity (Wildman–Crippen MR) is 75.9 cm³/mol. The van der Waals surface area contributed by atoms with Gasteiger partial charge < -0.3 is 10.1 Å². The molecule has 1 N–H and O–H groups in total. The number of hydrogen-bond donors (Lipinski definition) is 1. The van der Waals surface area contributed by atoms with Crippen LogP contribution >= 0.6 is 11.3 Å². The van der Waals surface area contributed by atoms with Crippen molar-refractivity contribution in [3.63, 3.8) is 0 Å². The van der Waals surface area contributed by atoms with Gasteiger partial charge in [0.1, 0.15) is 5.01 Å². The Morgan fingerprint density at radius 1 is 1.39 bits per heavy atom. The molecule has 1 heterocycles. The van der Waals surface area contributed by atoms with Crippen LogP contribution in [0, 0.1) is 6.92 Å². The average molecular weight is 262 g/mol. The molecule has 4 heteroatoms. The molecule has 96 valence electrons. The zero-order chi connectivity index (χ0) is 12.8. The van der Waals surface area contributed by atoms with Crippen molar-refractivity contribution in [2.24, 2.45) is 0 Å². The molecule has 1 aromatic heterocycles. The van der Waals surface area contributed by atoms with Gasteiger partial charge in [-0.15, -0.1) is 11.3 Å². The second-order valence-electron chi connectivity index (χ2n) is 4.17. The summed E-state index contributed by atoms with van der Waals surface area (Å²) in [5.41, 5.74) is 2.46. The van der Waals surface area contributed by atoms with Crippen LogP contribution in [0.15, 0.2) is 30.5 Å². The topological polar surface area (TPSA) is 34.1 Å². The van der Waals surface area contributed by atoms with Gasteiger partial charge in [0.15, 0.2) is 0 Å². The first kappa shape index (κ1) is 13.2. The van der Waals surface area contributed by atoms with Crippen LogP contribution in [0.2, 0.25) is 0 Å². The summed E-state index contributed by atoms with van der Waals surface area (Å²) in [5.74, 6) is 0. The number of aryl methyl sites for hydroxylation is 1. The van der Waals surface area contributed by atoms with E-state index < -0.39 is 0 Å². The molecule has 0 aliphatic heterocycles. The zero-order valence-electron chi connectivity index (χ0n) is 10.8. The Morgan fingerprint density at radius 3 is 3.06 bits per heavy atom. The van der Waals surface area contributed by atoms with E-state index in [1.807, 2.05) is 6.20 Å². The molecular formula is C14H18N2OS. The molecule has 0 fully saturated rings. The molecule has 0 radical (unpaired) electrons. The van der Waals surface area contributed by atoms with Gasteiger partial charge in [-0.2, -0.15) is 0 Å². The lowest BCUT2D eigenvalue weighted by Crippen LogP contribution is -2.17. The highest BCUT2D eigenvalue weighted by Gasteiger charge is 2.04. The molecule has 0 spiro atoms. The smallest absolute Gasteiger partial charge is 0.123 e. The van der Waals surface area contributed by atoms with E-state index in [0.29, 0.717) is 0 Å². The van der Waals surface area contributed by atoms with E-state index in [-0.39, 0.29) is 0 Å². The first-order valence-corrected chi connectivity index (χ1v) is 6.82. The van der Waals surface area contributed by atoms with E-state index in [9.17, 15) is 0 Å². The van der Waals surface area contributed by atoms with Gasteiger partial charge in [0.05, 0.1) is 6.61 Å². The summed E-state index contributed by atoms with van der Waals surface area (Å²) in [5, 5.41) is 4.41. The number of hydrogen-bond acceptors (Lipinski definition) is 4.